The Hall–Kier alpha value is -1.22. The van der Waals surface area contributed by atoms with Gasteiger partial charge in [-0.2, -0.15) is 8.42 Å². The molecule has 0 atom stereocenters. The zero-order chi connectivity index (χ0) is 10.3. The van der Waals surface area contributed by atoms with Gasteiger partial charge in [-0.25, -0.2) is 0 Å². The third-order valence-electron chi connectivity index (χ3n) is 0.791. The second kappa shape index (κ2) is 5.43. The molecule has 1 rings (SSSR count). The van der Waals surface area contributed by atoms with E-state index in [1.165, 1.54) is 6.20 Å². The van der Waals surface area contributed by atoms with Crippen LogP contribution in [-0.4, -0.2) is 27.7 Å². The number of aromatic nitrogens is 1. The van der Waals surface area contributed by atoms with Crippen LogP contribution in [0, 0.1) is 0 Å². The van der Waals surface area contributed by atoms with Crippen molar-refractivity contribution in [2.24, 2.45) is 0 Å². The predicted octanol–water partition coefficient (Wildman–Crippen LogP) is 0.230. The van der Waals surface area contributed by atoms with Crippen molar-refractivity contribution < 1.29 is 22.7 Å². The molecule has 0 fully saturated rings. The van der Waals surface area contributed by atoms with Crippen LogP contribution in [-0.2, 0) is 10.4 Å². The van der Waals surface area contributed by atoms with Crippen LogP contribution in [0.15, 0.2) is 24.5 Å². The summed E-state index contributed by atoms with van der Waals surface area (Å²) in [7, 11) is -4.67. The van der Waals surface area contributed by atoms with Gasteiger partial charge in [0, 0.05) is 6.20 Å². The number of nitrogens with one attached hydrogen (secondary N) is 1. The Labute approximate surface area is 74.6 Å². The van der Waals surface area contributed by atoms with E-state index in [-0.39, 0.29) is 0 Å². The van der Waals surface area contributed by atoms with E-state index in [2.05, 4.69) is 4.98 Å². The average Bonchev–Trinajstić information content (AvgIpc) is 2.03. The fourth-order valence-corrected chi connectivity index (χ4v) is 0.429. The smallest absolute Gasteiger partial charge is 0.291 e. The molecule has 0 amide bonds. The van der Waals surface area contributed by atoms with Gasteiger partial charge in [0.25, 0.3) is 0 Å². The molecule has 0 radical (unpaired) electrons. The molecule has 1 aromatic rings. The highest BCUT2D eigenvalue weighted by atomic mass is 32.3. The van der Waals surface area contributed by atoms with Crippen LogP contribution in [0.3, 0.4) is 0 Å². The van der Waals surface area contributed by atoms with E-state index in [1.807, 2.05) is 5.48 Å². The van der Waals surface area contributed by atoms with Gasteiger partial charge in [-0.1, -0.05) is 0 Å². The standard InChI is InChI=1S/C5H6N2O.H2O4S/c8-7-5-2-1-3-6-4-5;1-5(2,3)4/h1-4,7-8H;(H2,1,2,3,4). The van der Waals surface area contributed by atoms with E-state index in [0.717, 1.165) is 0 Å². The molecule has 4 N–H and O–H groups in total. The molecule has 0 saturated heterocycles. The van der Waals surface area contributed by atoms with Crippen molar-refractivity contribution in [3.8, 4) is 0 Å². The summed E-state index contributed by atoms with van der Waals surface area (Å²) in [6.07, 6.45) is 3.17. The number of hydrogen-bond donors (Lipinski definition) is 4. The molecule has 0 unspecified atom stereocenters. The molecule has 0 spiro atoms. The molecule has 0 bridgehead atoms. The molecule has 1 aromatic heterocycles. The quantitative estimate of drug-likeness (QED) is 0.385. The summed E-state index contributed by atoms with van der Waals surface area (Å²) in [4.78, 5) is 3.73. The molecule has 1 heterocycles. The summed E-state index contributed by atoms with van der Waals surface area (Å²) in [5.41, 5.74) is 2.57. The maximum Gasteiger partial charge on any atom is 0.394 e. The summed E-state index contributed by atoms with van der Waals surface area (Å²) < 4.78 is 31.6. The zero-order valence-electron chi connectivity index (χ0n) is 6.32. The maximum absolute atomic E-state index is 8.74. The van der Waals surface area contributed by atoms with Crippen LogP contribution in [0.25, 0.3) is 0 Å². The fraction of sp³-hybridized carbons (Fsp3) is 0. The van der Waals surface area contributed by atoms with Crippen LogP contribution >= 0.6 is 0 Å². The summed E-state index contributed by atoms with van der Waals surface area (Å²) in [5, 5.41) is 8.25. The highest BCUT2D eigenvalue weighted by molar-refractivity contribution is 7.79. The van der Waals surface area contributed by atoms with Crippen LogP contribution < -0.4 is 5.48 Å². The van der Waals surface area contributed by atoms with E-state index in [0.29, 0.717) is 5.69 Å². The molecule has 0 saturated carbocycles. The first-order chi connectivity index (χ1) is 5.93. The van der Waals surface area contributed by atoms with Gasteiger partial charge in [-0.15, -0.1) is 0 Å². The number of nitrogens with zero attached hydrogens (tertiary/aromatic N) is 1. The molecule has 0 aliphatic rings. The Balaban J connectivity index is 0.000000252. The normalized spacial score (nSPS) is 9.77. The lowest BCUT2D eigenvalue weighted by Gasteiger charge is -1.91. The van der Waals surface area contributed by atoms with Gasteiger partial charge in [-0.05, 0) is 12.1 Å². The van der Waals surface area contributed by atoms with Gasteiger partial charge in [0.05, 0.1) is 11.9 Å². The van der Waals surface area contributed by atoms with Gasteiger partial charge >= 0.3 is 10.4 Å². The van der Waals surface area contributed by atoms with Crippen molar-refractivity contribution in [1.82, 2.24) is 4.98 Å². The third-order valence-corrected chi connectivity index (χ3v) is 0.791. The highest BCUT2D eigenvalue weighted by Crippen LogP contribution is 1.98. The van der Waals surface area contributed by atoms with E-state index in [9.17, 15) is 0 Å². The van der Waals surface area contributed by atoms with Crippen LogP contribution in [0.5, 0.6) is 0 Å². The maximum atomic E-state index is 8.74. The minimum Gasteiger partial charge on any atom is -0.291 e. The van der Waals surface area contributed by atoms with Crippen molar-refractivity contribution in [2.75, 3.05) is 5.48 Å². The van der Waals surface area contributed by atoms with Gasteiger partial charge in [-0.3, -0.25) is 24.8 Å². The lowest BCUT2D eigenvalue weighted by Crippen LogP contribution is -1.89. The molecule has 13 heavy (non-hydrogen) atoms. The Bertz CT molecular complexity index is 316. The second-order valence-electron chi connectivity index (χ2n) is 1.80. The first-order valence-corrected chi connectivity index (χ1v) is 4.33. The molecular weight excluding hydrogens is 200 g/mol. The third kappa shape index (κ3) is 10.8. The summed E-state index contributed by atoms with van der Waals surface area (Å²) >= 11 is 0. The SMILES string of the molecule is O=S(=O)(O)O.ONc1cccnc1. The lowest BCUT2D eigenvalue weighted by atomic mass is 10.4. The van der Waals surface area contributed by atoms with Gasteiger partial charge in [0.2, 0.25) is 0 Å². The largest absolute Gasteiger partial charge is 0.394 e. The summed E-state index contributed by atoms with van der Waals surface area (Å²) in [6, 6.07) is 3.45. The topological polar surface area (TPSA) is 120 Å². The molecule has 0 aromatic carbocycles. The van der Waals surface area contributed by atoms with E-state index >= 15 is 0 Å². The first kappa shape index (κ1) is 11.8. The molecule has 0 aliphatic heterocycles. The summed E-state index contributed by atoms with van der Waals surface area (Å²) in [6.45, 7) is 0. The molecule has 7 nitrogen and oxygen atoms in total. The highest BCUT2D eigenvalue weighted by Gasteiger charge is 1.84. The Kier molecular flexibility index (Phi) is 4.92. The molecule has 0 aliphatic carbocycles. The Morgan fingerprint density at radius 1 is 1.38 bits per heavy atom. The van der Waals surface area contributed by atoms with Crippen LogP contribution in [0.4, 0.5) is 5.69 Å². The van der Waals surface area contributed by atoms with Gasteiger partial charge in [0.15, 0.2) is 0 Å². The van der Waals surface area contributed by atoms with E-state index in [1.54, 1.807) is 18.3 Å². The lowest BCUT2D eigenvalue weighted by molar-refractivity contribution is 0.380. The monoisotopic (exact) mass is 208 g/mol. The van der Waals surface area contributed by atoms with Crippen molar-refractivity contribution in [3.05, 3.63) is 24.5 Å². The molecule has 74 valence electrons. The fourth-order valence-electron chi connectivity index (χ4n) is 0.429. The summed E-state index contributed by atoms with van der Waals surface area (Å²) in [5.74, 6) is 0. The number of anilines is 1. The van der Waals surface area contributed by atoms with Crippen molar-refractivity contribution in [1.29, 1.82) is 0 Å². The van der Waals surface area contributed by atoms with Crippen molar-refractivity contribution in [3.63, 3.8) is 0 Å². The van der Waals surface area contributed by atoms with E-state index < -0.39 is 10.4 Å². The van der Waals surface area contributed by atoms with Crippen LogP contribution in [0.2, 0.25) is 0 Å². The number of hydrogen-bond acceptors (Lipinski definition) is 5. The average molecular weight is 208 g/mol. The minimum atomic E-state index is -4.67. The Morgan fingerprint density at radius 2 is 1.92 bits per heavy atom. The van der Waals surface area contributed by atoms with Gasteiger partial charge in [0.1, 0.15) is 0 Å². The Morgan fingerprint density at radius 3 is 2.15 bits per heavy atom. The first-order valence-electron chi connectivity index (χ1n) is 2.93. The van der Waals surface area contributed by atoms with Gasteiger partial charge < -0.3 is 0 Å². The minimum absolute atomic E-state index is 0.604. The van der Waals surface area contributed by atoms with Crippen LogP contribution in [0.1, 0.15) is 0 Å². The second-order valence-corrected chi connectivity index (χ2v) is 2.70. The van der Waals surface area contributed by atoms with E-state index in [4.69, 9.17) is 22.7 Å². The predicted molar refractivity (Wildman–Crippen MR) is 43.8 cm³/mol. The zero-order valence-corrected chi connectivity index (χ0v) is 7.14. The number of rotatable bonds is 1. The number of pyridine rings is 1. The molecule has 8 heteroatoms. The van der Waals surface area contributed by atoms with Crippen molar-refractivity contribution >= 4 is 16.1 Å². The molecular formula is C5H8N2O5S. The van der Waals surface area contributed by atoms with Crippen molar-refractivity contribution in [2.45, 2.75) is 0 Å².